The molecule has 0 aliphatic carbocycles. The van der Waals surface area contributed by atoms with Crippen molar-refractivity contribution in [2.45, 2.75) is 0 Å². The molecule has 0 spiro atoms. The summed E-state index contributed by atoms with van der Waals surface area (Å²) in [5, 5.41) is 0. The normalized spacial score (nSPS) is 11.5. The Morgan fingerprint density at radius 3 is 1.04 bits per heavy atom. The lowest BCUT2D eigenvalue weighted by Gasteiger charge is -2.18. The van der Waals surface area contributed by atoms with Crippen LogP contribution in [-0.2, 0) is 0 Å². The van der Waals surface area contributed by atoms with Gasteiger partial charge in [-0.3, -0.25) is 13.7 Å². The van der Waals surface area contributed by atoms with Crippen LogP contribution >= 0.6 is 0 Å². The van der Waals surface area contributed by atoms with Crippen LogP contribution in [0.4, 0.5) is 0 Å². The van der Waals surface area contributed by atoms with Gasteiger partial charge in [0, 0.05) is 39.6 Å². The summed E-state index contributed by atoms with van der Waals surface area (Å²) in [6.45, 7) is 0. The smallest absolute Gasteiger partial charge is 0.164 e. The first-order chi connectivity index (χ1) is 34.2. The first kappa shape index (κ1) is 39.9. The van der Waals surface area contributed by atoms with Crippen LogP contribution in [0.25, 0.3) is 118 Å². The van der Waals surface area contributed by atoms with Crippen LogP contribution in [0.2, 0.25) is 0 Å². The number of benzene rings is 9. The fourth-order valence-electron chi connectivity index (χ4n) is 9.87. The van der Waals surface area contributed by atoms with E-state index < -0.39 is 0 Å². The lowest BCUT2D eigenvalue weighted by Crippen LogP contribution is -2.04. The van der Waals surface area contributed by atoms with E-state index in [-0.39, 0.29) is 0 Å². The monoisotopic (exact) mass is 883 g/mol. The minimum atomic E-state index is 0.745. The topological polar surface area (TPSA) is 66.3 Å². The van der Waals surface area contributed by atoms with Gasteiger partial charge < -0.3 is 0 Å². The van der Waals surface area contributed by atoms with Crippen LogP contribution in [0.5, 0.6) is 0 Å². The summed E-state index contributed by atoms with van der Waals surface area (Å²) < 4.78 is 6.83. The lowest BCUT2D eigenvalue weighted by atomic mass is 10.0. The third-order valence-corrected chi connectivity index (χ3v) is 12.9. The molecular weight excluding hydrogens is 843 g/mol. The number of pyridine rings is 1. The van der Waals surface area contributed by atoms with E-state index in [0.717, 1.165) is 118 Å². The van der Waals surface area contributed by atoms with E-state index in [1.165, 1.54) is 0 Å². The predicted molar refractivity (Wildman–Crippen MR) is 281 cm³/mol. The standard InChI is InChI=1S/C62H41N7/c1-4-21-42(22-5-1)48-27-10-15-33-54(48)67-57-36-18-13-30-51(57)64-59(67)45-39-46(60-65-52-31-14-19-37-58(52)68(60)55-34-16-11-28-49(55)43-23-6-2-7-24-43)41-47(40-45)61-66-53-32-20-38-63-62(53)69(61)56-35-17-12-29-50(56)44-25-8-3-9-26-44/h1-41H. The van der Waals surface area contributed by atoms with E-state index in [0.29, 0.717) is 0 Å². The van der Waals surface area contributed by atoms with Crippen molar-refractivity contribution in [2.75, 3.05) is 0 Å². The summed E-state index contributed by atoms with van der Waals surface area (Å²) in [7, 11) is 0. The molecule has 0 fully saturated rings. The minimum absolute atomic E-state index is 0.745. The van der Waals surface area contributed by atoms with Crippen molar-refractivity contribution in [2.24, 2.45) is 0 Å². The van der Waals surface area contributed by atoms with Crippen LogP contribution in [0.3, 0.4) is 0 Å². The summed E-state index contributed by atoms with van der Waals surface area (Å²) in [6, 6.07) is 84.9. The number of hydrogen-bond donors (Lipinski definition) is 0. The van der Waals surface area contributed by atoms with Gasteiger partial charge in [-0.15, -0.1) is 0 Å². The molecule has 69 heavy (non-hydrogen) atoms. The average molecular weight is 884 g/mol. The van der Waals surface area contributed by atoms with Crippen molar-refractivity contribution >= 4 is 33.2 Å². The molecule has 13 aromatic rings. The Kier molecular flexibility index (Phi) is 9.68. The Labute approximate surface area is 398 Å². The molecule has 0 saturated heterocycles. The van der Waals surface area contributed by atoms with Gasteiger partial charge >= 0.3 is 0 Å². The lowest BCUT2D eigenvalue weighted by molar-refractivity contribution is 1.07. The van der Waals surface area contributed by atoms with Gasteiger partial charge in [0.2, 0.25) is 0 Å². The Bertz CT molecular complexity index is 3590. The molecule has 0 aliphatic heterocycles. The summed E-state index contributed by atoms with van der Waals surface area (Å²) in [6.07, 6.45) is 1.84. The van der Waals surface area contributed by atoms with Gasteiger partial charge in [0.25, 0.3) is 0 Å². The maximum atomic E-state index is 5.51. The second kappa shape index (κ2) is 16.8. The summed E-state index contributed by atoms with van der Waals surface area (Å²) >= 11 is 0. The van der Waals surface area contributed by atoms with Crippen molar-refractivity contribution in [1.29, 1.82) is 0 Å². The molecule has 0 saturated carbocycles. The van der Waals surface area contributed by atoms with E-state index in [1.54, 1.807) is 0 Å². The molecular formula is C62H41N7. The Hall–Kier alpha value is -9.46. The fourth-order valence-corrected chi connectivity index (χ4v) is 9.87. The van der Waals surface area contributed by atoms with Crippen molar-refractivity contribution < 1.29 is 0 Å². The van der Waals surface area contributed by atoms with Crippen molar-refractivity contribution in [3.8, 4) is 84.6 Å². The Balaban J connectivity index is 1.14. The van der Waals surface area contributed by atoms with Crippen LogP contribution in [0.15, 0.2) is 249 Å². The molecule has 7 nitrogen and oxygen atoms in total. The highest BCUT2D eigenvalue weighted by Gasteiger charge is 2.25. The van der Waals surface area contributed by atoms with Gasteiger partial charge in [0.15, 0.2) is 5.65 Å². The highest BCUT2D eigenvalue weighted by atomic mass is 15.1. The molecule has 4 aromatic heterocycles. The SMILES string of the molecule is c1ccc(-c2ccccc2-n2c(-c3cc(-c4nc5ccccc5n4-c4ccccc4-c4ccccc4)cc(-c4nc5cccnc5n4-c4ccccc4-c4ccccc4)c3)nc3ccccc32)cc1. The number of para-hydroxylation sites is 7. The number of nitrogens with zero attached hydrogens (tertiary/aromatic N) is 7. The zero-order valence-corrected chi connectivity index (χ0v) is 37.3. The number of rotatable bonds is 9. The van der Waals surface area contributed by atoms with Crippen molar-refractivity contribution in [3.63, 3.8) is 0 Å². The van der Waals surface area contributed by atoms with Gasteiger partial charge in [-0.25, -0.2) is 19.9 Å². The van der Waals surface area contributed by atoms with Gasteiger partial charge in [-0.2, -0.15) is 0 Å². The molecule has 13 rings (SSSR count). The molecule has 0 N–H and O–H groups in total. The zero-order valence-electron chi connectivity index (χ0n) is 37.3. The first-order valence-electron chi connectivity index (χ1n) is 23.1. The maximum absolute atomic E-state index is 5.51. The number of hydrogen-bond acceptors (Lipinski definition) is 4. The molecule has 0 amide bonds. The molecule has 0 atom stereocenters. The number of fused-ring (bicyclic) bond motifs is 3. The molecule has 324 valence electrons. The highest BCUT2D eigenvalue weighted by Crippen LogP contribution is 2.42. The molecule has 4 heterocycles. The van der Waals surface area contributed by atoms with Gasteiger partial charge in [-0.05, 0) is 89.5 Å². The maximum Gasteiger partial charge on any atom is 0.164 e. The number of aromatic nitrogens is 7. The van der Waals surface area contributed by atoms with Crippen LogP contribution in [0.1, 0.15) is 0 Å². The van der Waals surface area contributed by atoms with Gasteiger partial charge in [0.1, 0.15) is 23.0 Å². The van der Waals surface area contributed by atoms with Crippen LogP contribution < -0.4 is 0 Å². The zero-order chi connectivity index (χ0) is 45.7. The quantitative estimate of drug-likeness (QED) is 0.145. The summed E-state index contributed by atoms with van der Waals surface area (Å²) in [4.78, 5) is 21.5. The van der Waals surface area contributed by atoms with E-state index in [9.17, 15) is 0 Å². The van der Waals surface area contributed by atoms with E-state index >= 15 is 0 Å². The summed E-state index contributed by atoms with van der Waals surface area (Å²) in [5.74, 6) is 2.33. The van der Waals surface area contributed by atoms with Crippen molar-refractivity contribution in [1.82, 2.24) is 33.6 Å². The molecule has 7 heteroatoms. The average Bonchev–Trinajstić information content (AvgIpc) is 4.14. The third-order valence-electron chi connectivity index (χ3n) is 12.9. The van der Waals surface area contributed by atoms with Gasteiger partial charge in [-0.1, -0.05) is 170 Å². The van der Waals surface area contributed by atoms with E-state index in [4.69, 9.17) is 19.9 Å². The van der Waals surface area contributed by atoms with E-state index in [2.05, 4.69) is 244 Å². The highest BCUT2D eigenvalue weighted by molar-refractivity contribution is 5.92. The molecule has 0 bridgehead atoms. The Morgan fingerprint density at radius 2 is 0.594 bits per heavy atom. The predicted octanol–water partition coefficient (Wildman–Crippen LogP) is 15.1. The second-order valence-electron chi connectivity index (χ2n) is 17.1. The molecule has 0 aliphatic rings. The molecule has 0 unspecified atom stereocenters. The second-order valence-corrected chi connectivity index (χ2v) is 17.1. The number of imidazole rings is 3. The Morgan fingerprint density at radius 1 is 0.261 bits per heavy atom. The third kappa shape index (κ3) is 6.91. The van der Waals surface area contributed by atoms with Crippen LogP contribution in [-0.4, -0.2) is 33.6 Å². The first-order valence-corrected chi connectivity index (χ1v) is 23.1. The van der Waals surface area contributed by atoms with Crippen LogP contribution in [0, 0.1) is 0 Å². The fraction of sp³-hybridized carbons (Fsp3) is 0. The minimum Gasteiger partial charge on any atom is -0.292 e. The largest absolute Gasteiger partial charge is 0.292 e. The van der Waals surface area contributed by atoms with Crippen molar-refractivity contribution in [3.05, 3.63) is 249 Å². The molecule has 0 radical (unpaired) electrons. The summed E-state index contributed by atoms with van der Waals surface area (Å²) in [5.41, 5.74) is 17.6. The molecule has 9 aromatic carbocycles. The van der Waals surface area contributed by atoms with E-state index in [1.807, 2.05) is 18.3 Å². The van der Waals surface area contributed by atoms with Gasteiger partial charge in [0.05, 0.1) is 39.1 Å².